The van der Waals surface area contributed by atoms with Crippen LogP contribution >= 0.6 is 0 Å². The van der Waals surface area contributed by atoms with Gasteiger partial charge in [-0.15, -0.1) is 0 Å². The number of aryl methyl sites for hydroxylation is 1. The zero-order valence-electron chi connectivity index (χ0n) is 16.1. The summed E-state index contributed by atoms with van der Waals surface area (Å²) in [7, 11) is 0. The van der Waals surface area contributed by atoms with Gasteiger partial charge in [-0.2, -0.15) is 4.98 Å². The molecule has 7 heteroatoms. The number of rotatable bonds is 6. The smallest absolute Gasteiger partial charge is 0.338 e. The van der Waals surface area contributed by atoms with Crippen molar-refractivity contribution in [2.45, 2.75) is 32.9 Å². The zero-order valence-corrected chi connectivity index (χ0v) is 16.1. The molecule has 1 aliphatic heterocycles. The summed E-state index contributed by atoms with van der Waals surface area (Å²) in [6.45, 7) is 3.29. The van der Waals surface area contributed by atoms with Crippen molar-refractivity contribution in [2.75, 3.05) is 6.54 Å². The SMILES string of the molecule is Cc1ccc(-c2nc(COC(=O)c3ccc(CN4CCCC4=O)cc3)no2)cc1. The van der Waals surface area contributed by atoms with Crippen LogP contribution in [-0.4, -0.2) is 33.5 Å². The van der Waals surface area contributed by atoms with Crippen molar-refractivity contribution in [3.05, 3.63) is 71.0 Å². The first-order valence-electron chi connectivity index (χ1n) is 9.52. The van der Waals surface area contributed by atoms with Gasteiger partial charge >= 0.3 is 5.97 Å². The van der Waals surface area contributed by atoms with E-state index in [1.54, 1.807) is 12.1 Å². The van der Waals surface area contributed by atoms with Crippen molar-refractivity contribution in [1.29, 1.82) is 0 Å². The second-order valence-corrected chi connectivity index (χ2v) is 7.07. The van der Waals surface area contributed by atoms with Crippen LogP contribution in [0.25, 0.3) is 11.5 Å². The summed E-state index contributed by atoms with van der Waals surface area (Å²) in [5, 5.41) is 3.86. The van der Waals surface area contributed by atoms with Gasteiger partial charge in [0.2, 0.25) is 11.7 Å². The number of hydrogen-bond donors (Lipinski definition) is 0. The van der Waals surface area contributed by atoms with Gasteiger partial charge in [0.1, 0.15) is 0 Å². The normalized spacial score (nSPS) is 13.7. The number of ether oxygens (including phenoxy) is 1. The summed E-state index contributed by atoms with van der Waals surface area (Å²) in [5.74, 6) is 0.407. The van der Waals surface area contributed by atoms with Gasteiger partial charge in [0, 0.05) is 25.1 Å². The molecule has 2 heterocycles. The van der Waals surface area contributed by atoms with E-state index in [1.807, 2.05) is 48.2 Å². The molecule has 1 amide bonds. The highest BCUT2D eigenvalue weighted by atomic mass is 16.5. The largest absolute Gasteiger partial charge is 0.454 e. The Morgan fingerprint density at radius 1 is 1.14 bits per heavy atom. The number of amides is 1. The molecule has 0 bridgehead atoms. The van der Waals surface area contributed by atoms with Crippen LogP contribution in [0.15, 0.2) is 53.1 Å². The topological polar surface area (TPSA) is 85.5 Å². The summed E-state index contributed by atoms with van der Waals surface area (Å²) in [5.41, 5.74) is 3.37. The molecule has 148 valence electrons. The second kappa shape index (κ2) is 8.26. The molecule has 7 nitrogen and oxygen atoms in total. The molecular weight excluding hydrogens is 370 g/mol. The van der Waals surface area contributed by atoms with Crippen molar-refractivity contribution in [3.8, 4) is 11.5 Å². The van der Waals surface area contributed by atoms with Crippen LogP contribution in [-0.2, 0) is 22.7 Å². The molecule has 0 saturated carbocycles. The Morgan fingerprint density at radius 3 is 2.59 bits per heavy atom. The Kier molecular flexibility index (Phi) is 5.37. The quantitative estimate of drug-likeness (QED) is 0.598. The monoisotopic (exact) mass is 391 g/mol. The summed E-state index contributed by atoms with van der Waals surface area (Å²) in [6.07, 6.45) is 1.52. The van der Waals surface area contributed by atoms with E-state index in [-0.39, 0.29) is 12.5 Å². The number of aromatic nitrogens is 2. The lowest BCUT2D eigenvalue weighted by Crippen LogP contribution is -2.23. The van der Waals surface area contributed by atoms with Crippen molar-refractivity contribution in [1.82, 2.24) is 15.0 Å². The Labute approximate surface area is 168 Å². The molecule has 2 aromatic carbocycles. The van der Waals surface area contributed by atoms with Gasteiger partial charge in [0.15, 0.2) is 6.61 Å². The van der Waals surface area contributed by atoms with E-state index in [2.05, 4.69) is 10.1 Å². The van der Waals surface area contributed by atoms with E-state index in [4.69, 9.17) is 9.26 Å². The van der Waals surface area contributed by atoms with Gasteiger partial charge in [-0.25, -0.2) is 4.79 Å². The predicted octanol–water partition coefficient (Wildman–Crippen LogP) is 3.52. The first kappa shape index (κ1) is 18.9. The molecule has 1 aromatic heterocycles. The minimum absolute atomic E-state index is 0.0712. The first-order valence-corrected chi connectivity index (χ1v) is 9.52. The number of nitrogens with zero attached hydrogens (tertiary/aromatic N) is 3. The van der Waals surface area contributed by atoms with Gasteiger partial charge in [0.05, 0.1) is 5.56 Å². The maximum Gasteiger partial charge on any atom is 0.338 e. The summed E-state index contributed by atoms with van der Waals surface area (Å²) in [6, 6.07) is 14.8. The summed E-state index contributed by atoms with van der Waals surface area (Å²) >= 11 is 0. The molecule has 1 aliphatic rings. The molecule has 0 spiro atoms. The summed E-state index contributed by atoms with van der Waals surface area (Å²) in [4.78, 5) is 30.1. The third kappa shape index (κ3) is 4.51. The van der Waals surface area contributed by atoms with Crippen molar-refractivity contribution in [2.24, 2.45) is 0 Å². The van der Waals surface area contributed by atoms with Crippen LogP contribution < -0.4 is 0 Å². The highest BCUT2D eigenvalue weighted by molar-refractivity contribution is 5.89. The number of likely N-dealkylation sites (tertiary alicyclic amines) is 1. The van der Waals surface area contributed by atoms with E-state index < -0.39 is 5.97 Å². The molecule has 1 saturated heterocycles. The molecule has 0 N–H and O–H groups in total. The molecular formula is C22H21N3O4. The van der Waals surface area contributed by atoms with Crippen LogP contribution in [0.5, 0.6) is 0 Å². The number of carbonyl (C=O) groups is 2. The fourth-order valence-corrected chi connectivity index (χ4v) is 3.18. The average Bonchev–Trinajstić information content (AvgIpc) is 3.37. The Balaban J connectivity index is 1.32. The number of esters is 1. The molecule has 29 heavy (non-hydrogen) atoms. The Morgan fingerprint density at radius 2 is 1.90 bits per heavy atom. The average molecular weight is 391 g/mol. The Hall–Kier alpha value is -3.48. The third-order valence-electron chi connectivity index (χ3n) is 4.83. The maximum absolute atomic E-state index is 12.3. The van der Waals surface area contributed by atoms with E-state index >= 15 is 0 Å². The van der Waals surface area contributed by atoms with Crippen LogP contribution in [0, 0.1) is 6.92 Å². The van der Waals surface area contributed by atoms with E-state index in [1.165, 1.54) is 0 Å². The minimum Gasteiger partial charge on any atom is -0.454 e. The van der Waals surface area contributed by atoms with Gasteiger partial charge in [0.25, 0.3) is 5.89 Å². The predicted molar refractivity (Wildman–Crippen MR) is 105 cm³/mol. The van der Waals surface area contributed by atoms with Gasteiger partial charge in [-0.05, 0) is 43.2 Å². The van der Waals surface area contributed by atoms with Gasteiger partial charge < -0.3 is 14.2 Å². The molecule has 0 radical (unpaired) electrons. The zero-order chi connectivity index (χ0) is 20.2. The molecule has 1 fully saturated rings. The number of hydrogen-bond acceptors (Lipinski definition) is 6. The number of carbonyl (C=O) groups excluding carboxylic acids is 2. The highest BCUT2D eigenvalue weighted by Gasteiger charge is 2.20. The van der Waals surface area contributed by atoms with E-state index in [0.29, 0.717) is 30.2 Å². The summed E-state index contributed by atoms with van der Waals surface area (Å²) < 4.78 is 10.5. The molecule has 3 aromatic rings. The lowest BCUT2D eigenvalue weighted by atomic mass is 10.1. The van der Waals surface area contributed by atoms with Crippen LogP contribution in [0.3, 0.4) is 0 Å². The third-order valence-corrected chi connectivity index (χ3v) is 4.83. The Bertz CT molecular complexity index is 1010. The van der Waals surface area contributed by atoms with E-state index in [0.717, 1.165) is 29.7 Å². The maximum atomic E-state index is 12.3. The first-order chi connectivity index (χ1) is 14.1. The van der Waals surface area contributed by atoms with Gasteiger partial charge in [-0.3, -0.25) is 4.79 Å². The van der Waals surface area contributed by atoms with Crippen molar-refractivity contribution in [3.63, 3.8) is 0 Å². The number of benzene rings is 2. The second-order valence-electron chi connectivity index (χ2n) is 7.07. The minimum atomic E-state index is -0.463. The van der Waals surface area contributed by atoms with Gasteiger partial charge in [-0.1, -0.05) is 35.0 Å². The highest BCUT2D eigenvalue weighted by Crippen LogP contribution is 2.18. The standard InChI is InChI=1S/C22H21N3O4/c1-15-4-8-17(9-5-15)21-23-19(24-29-21)14-28-22(27)18-10-6-16(7-11-18)13-25-12-2-3-20(25)26/h4-11H,2-3,12-14H2,1H3. The molecule has 0 atom stereocenters. The fraction of sp³-hybridized carbons (Fsp3) is 0.273. The van der Waals surface area contributed by atoms with Crippen LogP contribution in [0.2, 0.25) is 0 Å². The van der Waals surface area contributed by atoms with Crippen molar-refractivity contribution >= 4 is 11.9 Å². The van der Waals surface area contributed by atoms with Crippen molar-refractivity contribution < 1.29 is 18.8 Å². The van der Waals surface area contributed by atoms with E-state index in [9.17, 15) is 9.59 Å². The molecule has 0 aliphatic carbocycles. The fourth-order valence-electron chi connectivity index (χ4n) is 3.18. The van der Waals surface area contributed by atoms with Crippen LogP contribution in [0.4, 0.5) is 0 Å². The molecule has 4 rings (SSSR count). The lowest BCUT2D eigenvalue weighted by Gasteiger charge is -2.15. The van der Waals surface area contributed by atoms with Crippen LogP contribution in [0.1, 0.15) is 40.2 Å². The molecule has 0 unspecified atom stereocenters. The lowest BCUT2D eigenvalue weighted by molar-refractivity contribution is -0.128.